The summed E-state index contributed by atoms with van der Waals surface area (Å²) in [5.74, 6) is -0.0947. The van der Waals surface area contributed by atoms with Gasteiger partial charge in [0.25, 0.3) is 5.56 Å². The Balaban J connectivity index is 2.24. The molecule has 0 N–H and O–H groups in total. The van der Waals surface area contributed by atoms with Crippen LogP contribution in [0.3, 0.4) is 0 Å². The fourth-order valence-corrected chi connectivity index (χ4v) is 2.15. The van der Waals surface area contributed by atoms with Crippen molar-refractivity contribution in [3.8, 4) is 0 Å². The van der Waals surface area contributed by atoms with E-state index in [-0.39, 0.29) is 17.9 Å². The topological polar surface area (TPSA) is 39.1 Å². The standard InChI is InChI=1S/C13H9Br2NO2/c14-10-3-1-9(2-4-10)12(17)8-16-7-11(15)5-6-13(16)18/h1-7H,8H2. The van der Waals surface area contributed by atoms with Crippen LogP contribution in [0.1, 0.15) is 10.4 Å². The Morgan fingerprint density at radius 3 is 2.28 bits per heavy atom. The molecule has 0 fully saturated rings. The molecule has 3 nitrogen and oxygen atoms in total. The number of ketones is 1. The van der Waals surface area contributed by atoms with Crippen LogP contribution in [0, 0.1) is 0 Å². The molecule has 92 valence electrons. The Morgan fingerprint density at radius 2 is 1.61 bits per heavy atom. The number of carbonyl (C=O) groups is 1. The number of hydrogen-bond donors (Lipinski definition) is 0. The summed E-state index contributed by atoms with van der Waals surface area (Å²) >= 11 is 6.58. The Kier molecular flexibility index (Phi) is 4.14. The molecule has 0 aliphatic heterocycles. The van der Waals surface area contributed by atoms with Crippen molar-refractivity contribution in [3.63, 3.8) is 0 Å². The van der Waals surface area contributed by atoms with Gasteiger partial charge in [-0.3, -0.25) is 9.59 Å². The number of carbonyl (C=O) groups excluding carboxylic acids is 1. The van der Waals surface area contributed by atoms with Crippen LogP contribution in [0.25, 0.3) is 0 Å². The van der Waals surface area contributed by atoms with Crippen LogP contribution in [0.5, 0.6) is 0 Å². The highest BCUT2D eigenvalue weighted by Crippen LogP contribution is 2.12. The maximum atomic E-state index is 12.0. The fourth-order valence-electron chi connectivity index (χ4n) is 1.51. The molecule has 1 aromatic carbocycles. The minimum Gasteiger partial charge on any atom is -0.307 e. The number of nitrogens with zero attached hydrogens (tertiary/aromatic N) is 1. The molecule has 1 heterocycles. The molecule has 0 atom stereocenters. The molecule has 0 aliphatic rings. The maximum Gasteiger partial charge on any atom is 0.251 e. The Morgan fingerprint density at radius 1 is 1.00 bits per heavy atom. The highest BCUT2D eigenvalue weighted by atomic mass is 79.9. The summed E-state index contributed by atoms with van der Waals surface area (Å²) in [6, 6.07) is 10.2. The molecule has 0 bridgehead atoms. The monoisotopic (exact) mass is 369 g/mol. The van der Waals surface area contributed by atoms with Crippen molar-refractivity contribution in [3.05, 3.63) is 67.5 Å². The van der Waals surface area contributed by atoms with Gasteiger partial charge in [0.05, 0.1) is 6.54 Å². The summed E-state index contributed by atoms with van der Waals surface area (Å²) in [6.45, 7) is 0.0416. The molecule has 0 radical (unpaired) electrons. The third-order valence-electron chi connectivity index (χ3n) is 2.43. The second kappa shape index (κ2) is 5.63. The molecule has 0 unspecified atom stereocenters. The second-order valence-electron chi connectivity index (χ2n) is 3.74. The van der Waals surface area contributed by atoms with Crippen molar-refractivity contribution in [2.24, 2.45) is 0 Å². The molecule has 1 aromatic heterocycles. The van der Waals surface area contributed by atoms with E-state index in [2.05, 4.69) is 31.9 Å². The van der Waals surface area contributed by atoms with Crippen LogP contribution in [0.15, 0.2) is 56.3 Å². The van der Waals surface area contributed by atoms with E-state index in [4.69, 9.17) is 0 Å². The van der Waals surface area contributed by atoms with E-state index < -0.39 is 0 Å². The molecule has 5 heteroatoms. The zero-order valence-electron chi connectivity index (χ0n) is 9.27. The van der Waals surface area contributed by atoms with Crippen molar-refractivity contribution in [1.82, 2.24) is 4.57 Å². The van der Waals surface area contributed by atoms with Crippen LogP contribution in [0.2, 0.25) is 0 Å². The van der Waals surface area contributed by atoms with Gasteiger partial charge in [-0.1, -0.05) is 28.1 Å². The first kappa shape index (κ1) is 13.2. The molecule has 18 heavy (non-hydrogen) atoms. The van der Waals surface area contributed by atoms with E-state index in [1.165, 1.54) is 10.6 Å². The molecule has 0 amide bonds. The highest BCUT2D eigenvalue weighted by molar-refractivity contribution is 9.10. The number of pyridine rings is 1. The van der Waals surface area contributed by atoms with Crippen molar-refractivity contribution < 1.29 is 4.79 Å². The van der Waals surface area contributed by atoms with Gasteiger partial charge < -0.3 is 4.57 Å². The summed E-state index contributed by atoms with van der Waals surface area (Å²) in [6.07, 6.45) is 1.61. The predicted molar refractivity (Wildman–Crippen MR) is 76.9 cm³/mol. The Hall–Kier alpha value is -1.20. The van der Waals surface area contributed by atoms with E-state index in [1.807, 2.05) is 0 Å². The van der Waals surface area contributed by atoms with Gasteiger partial charge in [0.15, 0.2) is 5.78 Å². The van der Waals surface area contributed by atoms with Crippen molar-refractivity contribution >= 4 is 37.6 Å². The zero-order valence-corrected chi connectivity index (χ0v) is 12.4. The number of hydrogen-bond acceptors (Lipinski definition) is 2. The van der Waals surface area contributed by atoms with Gasteiger partial charge >= 0.3 is 0 Å². The summed E-state index contributed by atoms with van der Waals surface area (Å²) in [4.78, 5) is 23.6. The summed E-state index contributed by atoms with van der Waals surface area (Å²) < 4.78 is 3.07. The molecule has 0 aliphatic carbocycles. The lowest BCUT2D eigenvalue weighted by Crippen LogP contribution is -2.22. The smallest absolute Gasteiger partial charge is 0.251 e. The predicted octanol–water partition coefficient (Wildman–Crippen LogP) is 3.26. The number of benzene rings is 1. The quantitative estimate of drug-likeness (QED) is 0.778. The van der Waals surface area contributed by atoms with Crippen LogP contribution in [-0.4, -0.2) is 10.4 Å². The SMILES string of the molecule is O=C(Cn1cc(Br)ccc1=O)c1ccc(Br)cc1. The third kappa shape index (κ3) is 3.17. The van der Waals surface area contributed by atoms with Gasteiger partial charge in [0, 0.05) is 26.8 Å². The molecule has 0 spiro atoms. The zero-order chi connectivity index (χ0) is 13.1. The average molecular weight is 371 g/mol. The summed E-state index contributed by atoms with van der Waals surface area (Å²) in [7, 11) is 0. The van der Waals surface area contributed by atoms with E-state index >= 15 is 0 Å². The number of halogens is 2. The van der Waals surface area contributed by atoms with Gasteiger partial charge in [-0.2, -0.15) is 0 Å². The van der Waals surface area contributed by atoms with Crippen LogP contribution >= 0.6 is 31.9 Å². The Labute approximate surface area is 121 Å². The van der Waals surface area contributed by atoms with Gasteiger partial charge in [-0.05, 0) is 34.1 Å². The third-order valence-corrected chi connectivity index (χ3v) is 3.43. The molecule has 0 saturated heterocycles. The highest BCUT2D eigenvalue weighted by Gasteiger charge is 2.07. The lowest BCUT2D eigenvalue weighted by molar-refractivity contribution is 0.0971. The minimum absolute atomic E-state index is 0.0416. The first-order valence-electron chi connectivity index (χ1n) is 5.21. The number of rotatable bonds is 3. The summed E-state index contributed by atoms with van der Waals surface area (Å²) in [5, 5.41) is 0. The van der Waals surface area contributed by atoms with Crippen molar-refractivity contribution in [2.45, 2.75) is 6.54 Å². The van der Waals surface area contributed by atoms with Crippen LogP contribution < -0.4 is 5.56 Å². The van der Waals surface area contributed by atoms with Crippen LogP contribution in [-0.2, 0) is 6.54 Å². The normalized spacial score (nSPS) is 10.3. The van der Waals surface area contributed by atoms with E-state index in [0.717, 1.165) is 8.95 Å². The van der Waals surface area contributed by atoms with E-state index in [9.17, 15) is 9.59 Å². The van der Waals surface area contributed by atoms with Gasteiger partial charge in [-0.15, -0.1) is 0 Å². The summed E-state index contributed by atoms with van der Waals surface area (Å²) in [5.41, 5.74) is 0.397. The van der Waals surface area contributed by atoms with E-state index in [1.54, 1.807) is 36.5 Å². The molecular formula is C13H9Br2NO2. The van der Waals surface area contributed by atoms with Gasteiger partial charge in [-0.25, -0.2) is 0 Å². The average Bonchev–Trinajstić information content (AvgIpc) is 2.34. The lowest BCUT2D eigenvalue weighted by atomic mass is 10.1. The molecular weight excluding hydrogens is 362 g/mol. The van der Waals surface area contributed by atoms with E-state index in [0.29, 0.717) is 5.56 Å². The number of aromatic nitrogens is 1. The van der Waals surface area contributed by atoms with Crippen LogP contribution in [0.4, 0.5) is 0 Å². The largest absolute Gasteiger partial charge is 0.307 e. The van der Waals surface area contributed by atoms with Crippen molar-refractivity contribution in [2.75, 3.05) is 0 Å². The first-order valence-corrected chi connectivity index (χ1v) is 6.79. The molecule has 0 saturated carbocycles. The lowest BCUT2D eigenvalue weighted by Gasteiger charge is -2.05. The first-order chi connectivity index (χ1) is 8.56. The fraction of sp³-hybridized carbons (Fsp3) is 0.0769. The molecule has 2 rings (SSSR count). The number of Topliss-reactive ketones (excluding diaryl/α,β-unsaturated/α-hetero) is 1. The molecule has 2 aromatic rings. The van der Waals surface area contributed by atoms with Gasteiger partial charge in [0.1, 0.15) is 0 Å². The second-order valence-corrected chi connectivity index (χ2v) is 5.57. The maximum absolute atomic E-state index is 12.0. The van der Waals surface area contributed by atoms with Gasteiger partial charge in [0.2, 0.25) is 0 Å². The minimum atomic E-state index is -0.191. The Bertz CT molecular complexity index is 632. The van der Waals surface area contributed by atoms with Crippen molar-refractivity contribution in [1.29, 1.82) is 0 Å².